The van der Waals surface area contributed by atoms with Crippen LogP contribution >= 0.6 is 0 Å². The molecule has 1 unspecified atom stereocenters. The molecule has 2 nitrogen and oxygen atoms in total. The molecule has 0 amide bonds. The maximum absolute atomic E-state index is 11.6. The van der Waals surface area contributed by atoms with Crippen molar-refractivity contribution in [2.24, 2.45) is 11.8 Å². The summed E-state index contributed by atoms with van der Waals surface area (Å²) in [6, 6.07) is 10.2. The van der Waals surface area contributed by atoms with Gasteiger partial charge in [-0.05, 0) is 18.4 Å². The average molecular weight is 204 g/mol. The SMILES string of the molecule is CCOC(=O)[C@@H]1C(C)[C@H]1c1ccccc1. The molecular formula is C13H16O2. The fourth-order valence-corrected chi connectivity index (χ4v) is 2.25. The smallest absolute Gasteiger partial charge is 0.309 e. The van der Waals surface area contributed by atoms with Crippen molar-refractivity contribution >= 4 is 5.97 Å². The largest absolute Gasteiger partial charge is 0.466 e. The summed E-state index contributed by atoms with van der Waals surface area (Å²) < 4.78 is 5.05. The van der Waals surface area contributed by atoms with Crippen molar-refractivity contribution in [1.29, 1.82) is 0 Å². The molecule has 1 saturated carbocycles. The predicted octanol–water partition coefficient (Wildman–Crippen LogP) is 2.60. The van der Waals surface area contributed by atoms with E-state index in [9.17, 15) is 4.79 Å². The van der Waals surface area contributed by atoms with E-state index < -0.39 is 0 Å². The highest BCUT2D eigenvalue weighted by molar-refractivity contribution is 5.78. The molecule has 1 aromatic rings. The minimum atomic E-state index is -0.0427. The minimum absolute atomic E-state index is 0.0427. The van der Waals surface area contributed by atoms with Gasteiger partial charge in [-0.15, -0.1) is 0 Å². The first-order valence-electron chi connectivity index (χ1n) is 5.47. The highest BCUT2D eigenvalue weighted by atomic mass is 16.5. The Morgan fingerprint density at radius 2 is 2.00 bits per heavy atom. The minimum Gasteiger partial charge on any atom is -0.466 e. The van der Waals surface area contributed by atoms with Crippen LogP contribution in [0.2, 0.25) is 0 Å². The molecule has 15 heavy (non-hydrogen) atoms. The molecule has 0 aromatic heterocycles. The molecule has 2 rings (SSSR count). The maximum atomic E-state index is 11.6. The number of hydrogen-bond acceptors (Lipinski definition) is 2. The third-order valence-electron chi connectivity index (χ3n) is 3.12. The fourth-order valence-electron chi connectivity index (χ4n) is 2.25. The lowest BCUT2D eigenvalue weighted by Crippen LogP contribution is -2.07. The molecule has 0 bridgehead atoms. The second-order valence-electron chi connectivity index (χ2n) is 4.07. The van der Waals surface area contributed by atoms with Crippen LogP contribution in [0, 0.1) is 11.8 Å². The summed E-state index contributed by atoms with van der Waals surface area (Å²) >= 11 is 0. The molecule has 1 aliphatic carbocycles. The average Bonchev–Trinajstić information content (AvgIpc) is 2.92. The highest BCUT2D eigenvalue weighted by Crippen LogP contribution is 2.54. The molecule has 0 radical (unpaired) electrons. The van der Waals surface area contributed by atoms with Gasteiger partial charge >= 0.3 is 5.97 Å². The molecule has 0 aliphatic heterocycles. The summed E-state index contributed by atoms with van der Waals surface area (Å²) in [4.78, 5) is 11.6. The number of carbonyl (C=O) groups excluding carboxylic acids is 1. The van der Waals surface area contributed by atoms with Crippen molar-refractivity contribution in [2.45, 2.75) is 19.8 Å². The van der Waals surface area contributed by atoms with Crippen molar-refractivity contribution in [3.63, 3.8) is 0 Å². The summed E-state index contributed by atoms with van der Waals surface area (Å²) in [5, 5.41) is 0. The van der Waals surface area contributed by atoms with Gasteiger partial charge in [-0.2, -0.15) is 0 Å². The second-order valence-corrected chi connectivity index (χ2v) is 4.07. The fraction of sp³-hybridized carbons (Fsp3) is 0.462. The van der Waals surface area contributed by atoms with Crippen LogP contribution in [0.4, 0.5) is 0 Å². The van der Waals surface area contributed by atoms with Gasteiger partial charge in [0, 0.05) is 5.92 Å². The molecule has 0 heterocycles. The Morgan fingerprint density at radius 1 is 1.33 bits per heavy atom. The van der Waals surface area contributed by atoms with Crippen LogP contribution in [0.5, 0.6) is 0 Å². The summed E-state index contributed by atoms with van der Waals surface area (Å²) in [5.41, 5.74) is 1.25. The lowest BCUT2D eigenvalue weighted by Gasteiger charge is -2.00. The van der Waals surface area contributed by atoms with Crippen molar-refractivity contribution in [1.82, 2.24) is 0 Å². The Labute approximate surface area is 90.3 Å². The van der Waals surface area contributed by atoms with Crippen molar-refractivity contribution in [3.05, 3.63) is 35.9 Å². The highest BCUT2D eigenvalue weighted by Gasteiger charge is 2.53. The number of ether oxygens (including phenoxy) is 1. The van der Waals surface area contributed by atoms with Gasteiger partial charge in [0.05, 0.1) is 12.5 Å². The Hall–Kier alpha value is -1.31. The summed E-state index contributed by atoms with van der Waals surface area (Å²) in [7, 11) is 0. The number of carbonyl (C=O) groups is 1. The Bertz CT molecular complexity index is 345. The van der Waals surface area contributed by atoms with Gasteiger partial charge in [0.25, 0.3) is 0 Å². The second kappa shape index (κ2) is 4.05. The first-order chi connectivity index (χ1) is 7.25. The number of esters is 1. The van der Waals surface area contributed by atoms with Gasteiger partial charge in [-0.25, -0.2) is 0 Å². The Morgan fingerprint density at radius 3 is 2.60 bits per heavy atom. The van der Waals surface area contributed by atoms with Gasteiger partial charge in [0.1, 0.15) is 0 Å². The molecular weight excluding hydrogens is 188 g/mol. The van der Waals surface area contributed by atoms with Crippen LogP contribution in [-0.4, -0.2) is 12.6 Å². The van der Waals surface area contributed by atoms with E-state index in [4.69, 9.17) is 4.74 Å². The molecule has 1 fully saturated rings. The topological polar surface area (TPSA) is 26.3 Å². The summed E-state index contributed by atoms with van der Waals surface area (Å²) in [6.45, 7) is 4.44. The Kier molecular flexibility index (Phi) is 2.76. The van der Waals surface area contributed by atoms with E-state index >= 15 is 0 Å². The van der Waals surface area contributed by atoms with E-state index in [1.54, 1.807) is 0 Å². The maximum Gasteiger partial charge on any atom is 0.309 e. The molecule has 3 atom stereocenters. The van der Waals surface area contributed by atoms with E-state index in [2.05, 4.69) is 19.1 Å². The zero-order chi connectivity index (χ0) is 10.8. The van der Waals surface area contributed by atoms with Crippen LogP contribution in [-0.2, 0) is 9.53 Å². The Balaban J connectivity index is 2.06. The molecule has 80 valence electrons. The van der Waals surface area contributed by atoms with Crippen LogP contribution < -0.4 is 0 Å². The monoisotopic (exact) mass is 204 g/mol. The van der Waals surface area contributed by atoms with Crippen LogP contribution in [0.25, 0.3) is 0 Å². The molecule has 0 saturated heterocycles. The van der Waals surface area contributed by atoms with Crippen LogP contribution in [0.15, 0.2) is 30.3 Å². The van der Waals surface area contributed by atoms with E-state index in [-0.39, 0.29) is 11.9 Å². The molecule has 2 heteroatoms. The zero-order valence-corrected chi connectivity index (χ0v) is 9.14. The van der Waals surface area contributed by atoms with E-state index in [0.717, 1.165) is 0 Å². The standard InChI is InChI=1S/C13H16O2/c1-3-15-13(14)12-9(2)11(12)10-7-5-4-6-8-10/h4-9,11-12H,3H2,1-2H3/t9?,11-,12+/m0/s1. The quantitative estimate of drug-likeness (QED) is 0.707. The number of hydrogen-bond donors (Lipinski definition) is 0. The third kappa shape index (κ3) is 1.89. The van der Waals surface area contributed by atoms with Crippen LogP contribution in [0.1, 0.15) is 25.3 Å². The van der Waals surface area contributed by atoms with Crippen molar-refractivity contribution in [2.75, 3.05) is 6.61 Å². The first-order valence-corrected chi connectivity index (χ1v) is 5.47. The van der Waals surface area contributed by atoms with Gasteiger partial charge in [-0.1, -0.05) is 37.3 Å². The van der Waals surface area contributed by atoms with Crippen molar-refractivity contribution < 1.29 is 9.53 Å². The van der Waals surface area contributed by atoms with Crippen LogP contribution in [0.3, 0.4) is 0 Å². The van der Waals surface area contributed by atoms with E-state index in [1.165, 1.54) is 5.56 Å². The van der Waals surface area contributed by atoms with Crippen molar-refractivity contribution in [3.8, 4) is 0 Å². The van der Waals surface area contributed by atoms with Gasteiger partial charge in [0.2, 0.25) is 0 Å². The van der Waals surface area contributed by atoms with E-state index in [1.807, 2.05) is 25.1 Å². The predicted molar refractivity (Wildman–Crippen MR) is 58.5 cm³/mol. The molecule has 0 N–H and O–H groups in total. The van der Waals surface area contributed by atoms with E-state index in [0.29, 0.717) is 18.4 Å². The normalized spacial score (nSPS) is 28.5. The molecule has 0 spiro atoms. The zero-order valence-electron chi connectivity index (χ0n) is 9.14. The molecule has 1 aliphatic rings. The van der Waals surface area contributed by atoms with Gasteiger partial charge < -0.3 is 4.74 Å². The van der Waals surface area contributed by atoms with Gasteiger partial charge in [-0.3, -0.25) is 4.79 Å². The van der Waals surface area contributed by atoms with Gasteiger partial charge in [0.15, 0.2) is 0 Å². The number of rotatable bonds is 3. The summed E-state index contributed by atoms with van der Waals surface area (Å²) in [6.07, 6.45) is 0. The number of benzene rings is 1. The molecule has 1 aromatic carbocycles. The lowest BCUT2D eigenvalue weighted by atomic mass is 10.1. The third-order valence-corrected chi connectivity index (χ3v) is 3.12. The first kappa shape index (κ1) is 10.2. The lowest BCUT2D eigenvalue weighted by molar-refractivity contribution is -0.145. The summed E-state index contributed by atoms with van der Waals surface area (Å²) in [5.74, 6) is 0.822.